The first-order chi connectivity index (χ1) is 13.8. The second-order valence-corrected chi connectivity index (χ2v) is 16.0. The molecule has 0 aliphatic heterocycles. The average molecular weight is 494 g/mol. The van der Waals surface area contributed by atoms with E-state index in [0.29, 0.717) is 24.3 Å². The van der Waals surface area contributed by atoms with Crippen molar-refractivity contribution in [3.63, 3.8) is 0 Å². The van der Waals surface area contributed by atoms with Crippen LogP contribution in [0.2, 0.25) is 26.2 Å². The summed E-state index contributed by atoms with van der Waals surface area (Å²) in [6.45, 7) is 5.21. The molecule has 0 aromatic heterocycles. The van der Waals surface area contributed by atoms with Gasteiger partial charge in [-0.05, 0) is 48.7 Å². The molecule has 1 nitrogen and oxygen atoms in total. The van der Waals surface area contributed by atoms with Gasteiger partial charge >= 0.3 is 12.4 Å². The summed E-state index contributed by atoms with van der Waals surface area (Å²) in [4.78, 5) is 0. The van der Waals surface area contributed by atoms with E-state index in [1.54, 1.807) is 0 Å². The first-order valence-corrected chi connectivity index (χ1v) is 14.4. The molecule has 2 aromatic rings. The Hall–Kier alpha value is -1.87. The molecule has 0 heterocycles. The lowest BCUT2D eigenvalue weighted by Crippen LogP contribution is -2.65. The highest BCUT2D eigenvalue weighted by atomic mass is 28.4. The van der Waals surface area contributed by atoms with Crippen LogP contribution in [-0.4, -0.2) is 16.6 Å². The molecule has 0 saturated heterocycles. The number of alkyl halides is 6. The van der Waals surface area contributed by atoms with Gasteiger partial charge in [0.2, 0.25) is 8.32 Å². The summed E-state index contributed by atoms with van der Waals surface area (Å²) >= 11 is 0. The van der Waals surface area contributed by atoms with E-state index < -0.39 is 73.8 Å². The van der Waals surface area contributed by atoms with Crippen molar-refractivity contribution in [3.8, 4) is 0 Å². The topological polar surface area (TPSA) is 9.23 Å². The van der Waals surface area contributed by atoms with Crippen LogP contribution in [0.5, 0.6) is 0 Å². The van der Waals surface area contributed by atoms with Gasteiger partial charge in [0.1, 0.15) is 0 Å². The minimum Gasteiger partial charge on any atom is -0.449 e. The van der Waals surface area contributed by atoms with Gasteiger partial charge in [0.05, 0.1) is 11.1 Å². The second kappa shape index (κ2) is 7.92. The van der Waals surface area contributed by atoms with E-state index in [4.69, 9.17) is 4.12 Å². The Morgan fingerprint density at radius 1 is 0.613 bits per heavy atom. The Morgan fingerprint density at radius 3 is 1.19 bits per heavy atom. The summed E-state index contributed by atoms with van der Waals surface area (Å²) in [5.41, 5.74) is -4.28. The summed E-state index contributed by atoms with van der Waals surface area (Å²) in [5.74, 6) is -8.39. The molecule has 0 unspecified atom stereocenters. The third-order valence-corrected chi connectivity index (χ3v) is 11.3. The van der Waals surface area contributed by atoms with Gasteiger partial charge in [-0.15, -0.1) is 0 Å². The minimum atomic E-state index is -5.50. The van der Waals surface area contributed by atoms with Gasteiger partial charge in [0.25, 0.3) is 0 Å². The molecule has 0 aliphatic carbocycles. The fourth-order valence-electron chi connectivity index (χ4n) is 3.32. The molecule has 0 fully saturated rings. The molecule has 0 bridgehead atoms. The lowest BCUT2D eigenvalue weighted by atomic mass is 10.2. The van der Waals surface area contributed by atoms with E-state index in [0.717, 1.165) is 6.55 Å². The van der Waals surface area contributed by atoms with Crippen molar-refractivity contribution in [2.24, 2.45) is 0 Å². The van der Waals surface area contributed by atoms with E-state index in [1.807, 2.05) is 0 Å². The van der Waals surface area contributed by atoms with Crippen LogP contribution in [0.1, 0.15) is 11.1 Å². The summed E-state index contributed by atoms with van der Waals surface area (Å²) in [7, 11) is -7.74. The maximum absolute atomic E-state index is 14.2. The van der Waals surface area contributed by atoms with Gasteiger partial charge in [0, 0.05) is 0 Å². The molecule has 0 atom stereocenters. The fraction of sp³-hybridized carbons (Fsp3) is 0.333. The van der Waals surface area contributed by atoms with Gasteiger partial charge in [-0.25, -0.2) is 17.6 Å². The van der Waals surface area contributed by atoms with Gasteiger partial charge in [0.15, 0.2) is 31.6 Å². The standard InChI is InChI=1S/C18H16F10OSi2/c1-30(2,3)29-31(4,11-7-5-9(19)15(21)13(11)17(23,24)25)12-8-6-10(20)16(22)14(12)18(26,27)28/h5-8H,1-4H3. The molecule has 0 spiro atoms. The molecule has 2 rings (SSSR count). The monoisotopic (exact) mass is 494 g/mol. The summed E-state index contributed by atoms with van der Waals surface area (Å²) < 4.78 is 143. The quantitative estimate of drug-likeness (QED) is 0.385. The van der Waals surface area contributed by atoms with Crippen LogP contribution in [0.3, 0.4) is 0 Å². The van der Waals surface area contributed by atoms with Crippen molar-refractivity contribution >= 4 is 27.0 Å². The van der Waals surface area contributed by atoms with Crippen LogP contribution in [0.25, 0.3) is 0 Å². The van der Waals surface area contributed by atoms with E-state index in [9.17, 15) is 43.9 Å². The number of hydrogen-bond acceptors (Lipinski definition) is 1. The molecule has 0 N–H and O–H groups in total. The van der Waals surface area contributed by atoms with Crippen LogP contribution in [0.4, 0.5) is 43.9 Å². The maximum atomic E-state index is 14.2. The minimum absolute atomic E-state index is 0.325. The van der Waals surface area contributed by atoms with Crippen LogP contribution < -0.4 is 10.4 Å². The van der Waals surface area contributed by atoms with Crippen molar-refractivity contribution < 1.29 is 48.0 Å². The lowest BCUT2D eigenvalue weighted by Gasteiger charge is -2.38. The number of halogens is 10. The normalized spacial score (nSPS) is 13.6. The van der Waals surface area contributed by atoms with E-state index in [1.165, 1.54) is 19.6 Å². The predicted molar refractivity (Wildman–Crippen MR) is 98.0 cm³/mol. The highest BCUT2D eigenvalue weighted by Gasteiger charge is 2.52. The number of benzene rings is 2. The van der Waals surface area contributed by atoms with E-state index >= 15 is 0 Å². The van der Waals surface area contributed by atoms with Crippen LogP contribution in [0.15, 0.2) is 24.3 Å². The Bertz CT molecular complexity index is 923. The molecular formula is C18H16F10OSi2. The molecule has 31 heavy (non-hydrogen) atoms. The molecule has 0 amide bonds. The number of rotatable bonds is 4. The third-order valence-electron chi connectivity index (χ3n) is 4.29. The third kappa shape index (κ3) is 4.98. The van der Waals surface area contributed by atoms with Crippen molar-refractivity contribution in [2.45, 2.75) is 38.5 Å². The first kappa shape index (κ1) is 25.4. The summed E-state index contributed by atoms with van der Waals surface area (Å²) in [6, 6.07) is 1.61. The van der Waals surface area contributed by atoms with Crippen LogP contribution >= 0.6 is 0 Å². The summed E-state index contributed by atoms with van der Waals surface area (Å²) in [5, 5.41) is -2.14. The van der Waals surface area contributed by atoms with Crippen molar-refractivity contribution in [1.82, 2.24) is 0 Å². The second-order valence-electron chi connectivity index (χ2n) is 7.81. The van der Waals surface area contributed by atoms with Gasteiger partial charge in [-0.2, -0.15) is 26.3 Å². The Labute approximate surface area is 172 Å². The lowest BCUT2D eigenvalue weighted by molar-refractivity contribution is -0.140. The smallest absolute Gasteiger partial charge is 0.419 e. The van der Waals surface area contributed by atoms with Crippen molar-refractivity contribution in [2.75, 3.05) is 0 Å². The van der Waals surface area contributed by atoms with Crippen molar-refractivity contribution in [1.29, 1.82) is 0 Å². The maximum Gasteiger partial charge on any atom is 0.419 e. The number of hydrogen-bond donors (Lipinski definition) is 0. The highest BCUT2D eigenvalue weighted by molar-refractivity contribution is 7.01. The Morgan fingerprint density at radius 2 is 0.935 bits per heavy atom. The Kier molecular flexibility index (Phi) is 6.49. The zero-order chi connectivity index (χ0) is 24.2. The SMILES string of the molecule is C[Si](C)(C)O[Si](C)(c1ccc(F)c(F)c1C(F)(F)F)c1ccc(F)c(F)c1C(F)(F)F. The molecule has 172 valence electrons. The molecule has 13 heteroatoms. The fourth-order valence-corrected chi connectivity index (χ4v) is 11.6. The molecular weight excluding hydrogens is 478 g/mol. The van der Waals surface area contributed by atoms with Gasteiger partial charge < -0.3 is 4.12 Å². The highest BCUT2D eigenvalue weighted by Crippen LogP contribution is 2.36. The first-order valence-electron chi connectivity index (χ1n) is 8.62. The molecule has 0 radical (unpaired) electrons. The van der Waals surface area contributed by atoms with Crippen LogP contribution in [0, 0.1) is 23.3 Å². The molecule has 0 saturated carbocycles. The zero-order valence-corrected chi connectivity index (χ0v) is 18.5. The zero-order valence-electron chi connectivity index (χ0n) is 16.5. The average Bonchev–Trinajstić information content (AvgIpc) is 2.55. The largest absolute Gasteiger partial charge is 0.449 e. The molecule has 2 aromatic carbocycles. The van der Waals surface area contributed by atoms with E-state index in [-0.39, 0.29) is 0 Å². The molecule has 0 aliphatic rings. The van der Waals surface area contributed by atoms with E-state index in [2.05, 4.69) is 0 Å². The van der Waals surface area contributed by atoms with Gasteiger partial charge in [-0.1, -0.05) is 12.1 Å². The predicted octanol–water partition coefficient (Wildman–Crippen LogP) is 5.82. The van der Waals surface area contributed by atoms with Crippen LogP contribution in [-0.2, 0) is 16.5 Å². The van der Waals surface area contributed by atoms with Crippen molar-refractivity contribution in [3.05, 3.63) is 58.7 Å². The van der Waals surface area contributed by atoms with Gasteiger partial charge in [-0.3, -0.25) is 0 Å². The Balaban J connectivity index is 3.08. The summed E-state index contributed by atoms with van der Waals surface area (Å²) in [6.07, 6.45) is -11.0.